The van der Waals surface area contributed by atoms with Gasteiger partial charge in [-0.3, -0.25) is 4.99 Å². The fourth-order valence-electron chi connectivity index (χ4n) is 5.10. The van der Waals surface area contributed by atoms with E-state index in [1.54, 1.807) is 0 Å². The maximum absolute atomic E-state index is 6.06. The zero-order chi connectivity index (χ0) is 17.7. The standard InChI is InChI=1S/C20H37N3O2.HI/c1-4-21-19(23-13-9-16(10-14-23)24-5-2)22-17-15-18(25-6-3)20(17)11-7-8-12-20;/h16-18H,4-15H2,1-3H3,(H,21,22);1H. The number of ether oxygens (including phenoxy) is 2. The first kappa shape index (κ1) is 22.2. The Hall–Kier alpha value is -0.0800. The maximum Gasteiger partial charge on any atom is 0.194 e. The monoisotopic (exact) mass is 479 g/mol. The van der Waals surface area contributed by atoms with Gasteiger partial charge in [-0.1, -0.05) is 12.8 Å². The van der Waals surface area contributed by atoms with Crippen molar-refractivity contribution >= 4 is 29.9 Å². The van der Waals surface area contributed by atoms with Crippen LogP contribution in [0, 0.1) is 5.41 Å². The van der Waals surface area contributed by atoms with Crippen LogP contribution in [-0.4, -0.2) is 62.0 Å². The van der Waals surface area contributed by atoms with E-state index in [0.717, 1.165) is 58.1 Å². The molecule has 2 unspecified atom stereocenters. The second-order valence-electron chi connectivity index (χ2n) is 7.76. The molecule has 0 bridgehead atoms. The van der Waals surface area contributed by atoms with Crippen LogP contribution in [0.3, 0.4) is 0 Å². The molecule has 0 radical (unpaired) electrons. The van der Waals surface area contributed by atoms with Crippen molar-refractivity contribution in [2.24, 2.45) is 10.4 Å². The van der Waals surface area contributed by atoms with Gasteiger partial charge in [0.15, 0.2) is 5.96 Å². The van der Waals surface area contributed by atoms with Crippen molar-refractivity contribution in [3.63, 3.8) is 0 Å². The lowest BCUT2D eigenvalue weighted by molar-refractivity contribution is -0.126. The minimum absolute atomic E-state index is 0. The fraction of sp³-hybridized carbons (Fsp3) is 0.950. The smallest absolute Gasteiger partial charge is 0.194 e. The molecule has 0 aromatic heterocycles. The summed E-state index contributed by atoms with van der Waals surface area (Å²) in [5.74, 6) is 1.11. The summed E-state index contributed by atoms with van der Waals surface area (Å²) in [6.07, 6.45) is 9.53. The summed E-state index contributed by atoms with van der Waals surface area (Å²) in [5, 5.41) is 3.85. The van der Waals surface area contributed by atoms with Crippen molar-refractivity contribution in [1.82, 2.24) is 10.2 Å². The number of piperidine rings is 1. The second-order valence-corrected chi connectivity index (χ2v) is 7.76. The number of hydrogen-bond donors (Lipinski definition) is 1. The number of likely N-dealkylation sites (tertiary alicyclic amines) is 1. The number of halogens is 1. The molecule has 1 spiro atoms. The third-order valence-corrected chi connectivity index (χ3v) is 6.44. The summed E-state index contributed by atoms with van der Waals surface area (Å²) in [4.78, 5) is 7.26. The number of hydrogen-bond acceptors (Lipinski definition) is 3. The number of aliphatic imine (C=N–C) groups is 1. The van der Waals surface area contributed by atoms with Crippen molar-refractivity contribution < 1.29 is 9.47 Å². The van der Waals surface area contributed by atoms with Crippen LogP contribution >= 0.6 is 24.0 Å². The molecule has 2 atom stereocenters. The largest absolute Gasteiger partial charge is 0.378 e. The quantitative estimate of drug-likeness (QED) is 0.358. The molecular formula is C20H38IN3O2. The van der Waals surface area contributed by atoms with E-state index in [9.17, 15) is 0 Å². The zero-order valence-corrected chi connectivity index (χ0v) is 19.2. The molecule has 2 aliphatic carbocycles. The topological polar surface area (TPSA) is 46.1 Å². The summed E-state index contributed by atoms with van der Waals surface area (Å²) in [7, 11) is 0. The lowest BCUT2D eigenvalue weighted by Crippen LogP contribution is -2.65. The molecule has 0 aromatic carbocycles. The van der Waals surface area contributed by atoms with E-state index in [1.807, 2.05) is 0 Å². The van der Waals surface area contributed by atoms with Crippen molar-refractivity contribution in [2.75, 3.05) is 32.8 Å². The Morgan fingerprint density at radius 2 is 1.73 bits per heavy atom. The van der Waals surface area contributed by atoms with Crippen molar-refractivity contribution in [3.05, 3.63) is 0 Å². The minimum Gasteiger partial charge on any atom is -0.378 e. The van der Waals surface area contributed by atoms with E-state index >= 15 is 0 Å². The predicted molar refractivity (Wildman–Crippen MR) is 117 cm³/mol. The van der Waals surface area contributed by atoms with Crippen LogP contribution in [0.5, 0.6) is 0 Å². The zero-order valence-electron chi connectivity index (χ0n) is 16.8. The number of nitrogens with zero attached hydrogens (tertiary/aromatic N) is 2. The molecular weight excluding hydrogens is 441 g/mol. The SMILES string of the molecule is CCN=C(NC1CC(OCC)C12CCCC2)N1CCC(OCC)CC1.I. The molecule has 0 amide bonds. The number of guanidine groups is 1. The van der Waals surface area contributed by atoms with Gasteiger partial charge in [-0.25, -0.2) is 0 Å². The highest BCUT2D eigenvalue weighted by atomic mass is 127. The van der Waals surface area contributed by atoms with Crippen molar-refractivity contribution in [1.29, 1.82) is 0 Å². The van der Waals surface area contributed by atoms with Crippen LogP contribution in [0.2, 0.25) is 0 Å². The minimum atomic E-state index is 0. The molecule has 3 fully saturated rings. The highest BCUT2D eigenvalue weighted by molar-refractivity contribution is 14.0. The summed E-state index contributed by atoms with van der Waals surface area (Å²) in [6.45, 7) is 10.9. The Labute approximate surface area is 176 Å². The van der Waals surface area contributed by atoms with Crippen LogP contribution in [-0.2, 0) is 9.47 Å². The first-order valence-corrected chi connectivity index (χ1v) is 10.5. The Balaban J connectivity index is 0.00000243. The Kier molecular flexibility index (Phi) is 8.94. The third kappa shape index (κ3) is 4.66. The molecule has 3 aliphatic rings. The van der Waals surface area contributed by atoms with Gasteiger partial charge in [0.05, 0.1) is 12.2 Å². The molecule has 152 valence electrons. The third-order valence-electron chi connectivity index (χ3n) is 6.44. The molecule has 1 N–H and O–H groups in total. The number of nitrogens with one attached hydrogen (secondary N) is 1. The highest BCUT2D eigenvalue weighted by Crippen LogP contribution is 2.54. The second kappa shape index (κ2) is 10.5. The summed E-state index contributed by atoms with van der Waals surface area (Å²) in [6, 6.07) is 0.529. The van der Waals surface area contributed by atoms with Crippen molar-refractivity contribution in [3.8, 4) is 0 Å². The summed E-state index contributed by atoms with van der Waals surface area (Å²) in [5.41, 5.74) is 0.355. The average molecular weight is 479 g/mol. The van der Waals surface area contributed by atoms with Gasteiger partial charge in [0.1, 0.15) is 0 Å². The van der Waals surface area contributed by atoms with Crippen LogP contribution in [0.15, 0.2) is 4.99 Å². The molecule has 5 nitrogen and oxygen atoms in total. The van der Waals surface area contributed by atoms with Gasteiger partial charge in [-0.05, 0) is 52.9 Å². The first-order chi connectivity index (χ1) is 12.2. The fourth-order valence-corrected chi connectivity index (χ4v) is 5.10. The lowest BCUT2D eigenvalue weighted by Gasteiger charge is -2.55. The van der Waals surface area contributed by atoms with Gasteiger partial charge < -0.3 is 19.7 Å². The van der Waals surface area contributed by atoms with Crippen LogP contribution in [0.1, 0.15) is 65.7 Å². The maximum atomic E-state index is 6.06. The Bertz CT molecular complexity index is 446. The molecule has 6 heteroatoms. The normalized spacial score (nSPS) is 28.7. The van der Waals surface area contributed by atoms with Gasteiger partial charge in [0, 0.05) is 44.3 Å². The van der Waals surface area contributed by atoms with Crippen LogP contribution in [0.4, 0.5) is 0 Å². The highest BCUT2D eigenvalue weighted by Gasteiger charge is 2.57. The van der Waals surface area contributed by atoms with Gasteiger partial charge in [0.2, 0.25) is 0 Å². The van der Waals surface area contributed by atoms with Gasteiger partial charge in [-0.15, -0.1) is 24.0 Å². The molecule has 26 heavy (non-hydrogen) atoms. The van der Waals surface area contributed by atoms with Crippen LogP contribution < -0.4 is 5.32 Å². The molecule has 3 rings (SSSR count). The Morgan fingerprint density at radius 3 is 2.31 bits per heavy atom. The number of rotatable bonds is 6. The van der Waals surface area contributed by atoms with E-state index in [4.69, 9.17) is 14.5 Å². The molecule has 0 aromatic rings. The van der Waals surface area contributed by atoms with E-state index in [-0.39, 0.29) is 24.0 Å². The van der Waals surface area contributed by atoms with Crippen LogP contribution in [0.25, 0.3) is 0 Å². The van der Waals surface area contributed by atoms with Gasteiger partial charge >= 0.3 is 0 Å². The van der Waals surface area contributed by atoms with Crippen molar-refractivity contribution in [2.45, 2.75) is 84.0 Å². The summed E-state index contributed by atoms with van der Waals surface area (Å²) >= 11 is 0. The lowest BCUT2D eigenvalue weighted by atomic mass is 9.60. The molecule has 1 heterocycles. The molecule has 2 saturated carbocycles. The average Bonchev–Trinajstić information content (AvgIpc) is 3.14. The summed E-state index contributed by atoms with van der Waals surface area (Å²) < 4.78 is 11.9. The Morgan fingerprint density at radius 1 is 1.08 bits per heavy atom. The first-order valence-electron chi connectivity index (χ1n) is 10.5. The van der Waals surface area contributed by atoms with E-state index in [1.165, 1.54) is 25.7 Å². The van der Waals surface area contributed by atoms with E-state index in [2.05, 4.69) is 31.0 Å². The molecule has 1 saturated heterocycles. The van der Waals surface area contributed by atoms with Gasteiger partial charge in [-0.2, -0.15) is 0 Å². The molecule has 1 aliphatic heterocycles. The van der Waals surface area contributed by atoms with Gasteiger partial charge in [0.25, 0.3) is 0 Å². The predicted octanol–water partition coefficient (Wildman–Crippen LogP) is 3.81. The van der Waals surface area contributed by atoms with E-state index < -0.39 is 0 Å². The van der Waals surface area contributed by atoms with E-state index in [0.29, 0.717) is 23.7 Å².